The van der Waals surface area contributed by atoms with E-state index in [-0.39, 0.29) is 6.04 Å². The van der Waals surface area contributed by atoms with Crippen LogP contribution in [-0.4, -0.2) is 74.3 Å². The van der Waals surface area contributed by atoms with Gasteiger partial charge >= 0.3 is 6.09 Å². The average Bonchev–Trinajstić information content (AvgIpc) is 3.48. The largest absolute Gasteiger partial charge is 0.465 e. The van der Waals surface area contributed by atoms with Gasteiger partial charge in [-0.25, -0.2) is 9.78 Å². The van der Waals surface area contributed by atoms with E-state index in [0.717, 1.165) is 93.1 Å². The van der Waals surface area contributed by atoms with Crippen molar-refractivity contribution in [2.45, 2.75) is 64.2 Å². The standard InChI is InChI=1S/C25H34N6O3/c1-18-4-5-20-21(31(18)25(32)33)6-7-22-24(20)27-23(8-13-29-12-3-11-26-29)30(22)15-14-28(2)19-9-16-34-17-10-19/h3,6-7,11-12,18-19H,4-5,8-10,13-17H2,1-2H3,(H,32,33)/t18-/m0/s1. The Bertz CT molecular complexity index is 1140. The molecule has 34 heavy (non-hydrogen) atoms. The highest BCUT2D eigenvalue weighted by Crippen LogP contribution is 2.36. The van der Waals surface area contributed by atoms with E-state index in [1.807, 2.05) is 29.9 Å². The molecule has 1 amide bonds. The Hall–Kier alpha value is -2.91. The number of benzene rings is 1. The summed E-state index contributed by atoms with van der Waals surface area (Å²) in [5.41, 5.74) is 3.87. The molecule has 0 saturated carbocycles. The van der Waals surface area contributed by atoms with Crippen LogP contribution in [0.25, 0.3) is 11.0 Å². The first-order valence-electron chi connectivity index (χ1n) is 12.3. The van der Waals surface area contributed by atoms with Gasteiger partial charge in [0.05, 0.1) is 16.7 Å². The van der Waals surface area contributed by atoms with Crippen LogP contribution < -0.4 is 4.90 Å². The molecule has 1 saturated heterocycles. The Balaban J connectivity index is 1.47. The molecule has 0 radical (unpaired) electrons. The zero-order valence-corrected chi connectivity index (χ0v) is 20.1. The highest BCUT2D eigenvalue weighted by atomic mass is 16.5. The first-order valence-corrected chi connectivity index (χ1v) is 12.3. The number of amides is 1. The number of hydrogen-bond donors (Lipinski definition) is 1. The number of ether oxygens (including phenoxy) is 1. The number of rotatable bonds is 7. The summed E-state index contributed by atoms with van der Waals surface area (Å²) < 4.78 is 9.80. The molecule has 5 rings (SSSR count). The third-order valence-electron chi connectivity index (χ3n) is 7.41. The van der Waals surface area contributed by atoms with Gasteiger partial charge in [0.1, 0.15) is 5.82 Å². The summed E-state index contributed by atoms with van der Waals surface area (Å²) in [4.78, 5) is 21.0. The molecule has 182 valence electrons. The highest BCUT2D eigenvalue weighted by Gasteiger charge is 2.30. The van der Waals surface area contributed by atoms with Gasteiger partial charge in [-0.15, -0.1) is 0 Å². The lowest BCUT2D eigenvalue weighted by Gasteiger charge is -2.33. The number of nitrogens with zero attached hydrogens (tertiary/aromatic N) is 6. The van der Waals surface area contributed by atoms with Crippen molar-refractivity contribution in [2.24, 2.45) is 0 Å². The van der Waals surface area contributed by atoms with E-state index in [1.165, 1.54) is 4.90 Å². The van der Waals surface area contributed by atoms with Crippen molar-refractivity contribution in [3.05, 3.63) is 42.0 Å². The lowest BCUT2D eigenvalue weighted by molar-refractivity contribution is 0.0421. The Morgan fingerprint density at radius 1 is 1.24 bits per heavy atom. The number of aryl methyl sites for hydroxylation is 3. The summed E-state index contributed by atoms with van der Waals surface area (Å²) in [6.07, 6.45) is 7.43. The zero-order valence-electron chi connectivity index (χ0n) is 20.1. The van der Waals surface area contributed by atoms with Crippen LogP contribution in [0.4, 0.5) is 10.5 Å². The van der Waals surface area contributed by atoms with Gasteiger partial charge in [-0.05, 0) is 57.9 Å². The van der Waals surface area contributed by atoms with E-state index in [2.05, 4.69) is 27.7 Å². The van der Waals surface area contributed by atoms with Crippen molar-refractivity contribution >= 4 is 22.8 Å². The van der Waals surface area contributed by atoms with Gasteiger partial charge in [0.15, 0.2) is 0 Å². The van der Waals surface area contributed by atoms with Crippen LogP contribution >= 0.6 is 0 Å². The topological polar surface area (TPSA) is 88.7 Å². The van der Waals surface area contributed by atoms with Gasteiger partial charge in [-0.3, -0.25) is 9.58 Å². The fraction of sp³-hybridized carbons (Fsp3) is 0.560. The number of imidazole rings is 1. The minimum Gasteiger partial charge on any atom is -0.465 e. The van der Waals surface area contributed by atoms with E-state index in [0.29, 0.717) is 6.04 Å². The van der Waals surface area contributed by atoms with E-state index in [1.54, 1.807) is 6.20 Å². The maximum Gasteiger partial charge on any atom is 0.412 e. The maximum atomic E-state index is 12.0. The molecule has 0 spiro atoms. The number of carboxylic acid groups (broad SMARTS) is 1. The summed E-state index contributed by atoms with van der Waals surface area (Å²) in [6.45, 7) is 6.18. The minimum atomic E-state index is -0.899. The number of fused-ring (bicyclic) bond motifs is 3. The molecule has 1 fully saturated rings. The molecule has 0 aliphatic carbocycles. The lowest BCUT2D eigenvalue weighted by atomic mass is 9.96. The summed E-state index contributed by atoms with van der Waals surface area (Å²) in [7, 11) is 2.20. The van der Waals surface area contributed by atoms with Gasteiger partial charge in [0.25, 0.3) is 0 Å². The molecule has 2 aromatic heterocycles. The molecular formula is C25H34N6O3. The fourth-order valence-electron chi connectivity index (χ4n) is 5.42. The highest BCUT2D eigenvalue weighted by molar-refractivity contribution is 5.94. The Morgan fingerprint density at radius 3 is 2.79 bits per heavy atom. The summed E-state index contributed by atoms with van der Waals surface area (Å²) in [5.74, 6) is 1.03. The SMILES string of the molecule is C[C@H]1CCc2c(ccc3c2nc(CCn2cccn2)n3CCN(C)C2CCOCC2)N1C(=O)O. The predicted octanol–water partition coefficient (Wildman–Crippen LogP) is 3.41. The monoisotopic (exact) mass is 466 g/mol. The minimum absolute atomic E-state index is 0.0306. The molecule has 4 heterocycles. The number of anilines is 1. The first kappa shape index (κ1) is 22.9. The molecule has 1 aromatic carbocycles. The van der Waals surface area contributed by atoms with E-state index >= 15 is 0 Å². The zero-order chi connectivity index (χ0) is 23.7. The van der Waals surface area contributed by atoms with Crippen LogP contribution in [0.2, 0.25) is 0 Å². The average molecular weight is 467 g/mol. The Morgan fingerprint density at radius 2 is 2.06 bits per heavy atom. The first-order chi connectivity index (χ1) is 16.5. The van der Waals surface area contributed by atoms with Crippen LogP contribution in [0.15, 0.2) is 30.6 Å². The number of likely N-dealkylation sites (N-methyl/N-ethyl adjacent to an activating group) is 1. The Kier molecular flexibility index (Phi) is 6.56. The van der Waals surface area contributed by atoms with Crippen LogP contribution in [-0.2, 0) is 30.7 Å². The van der Waals surface area contributed by atoms with Crippen molar-refractivity contribution in [1.29, 1.82) is 0 Å². The molecule has 1 N–H and O–H groups in total. The van der Waals surface area contributed by atoms with Crippen LogP contribution in [0.3, 0.4) is 0 Å². The molecule has 1 atom stereocenters. The van der Waals surface area contributed by atoms with Gasteiger partial charge < -0.3 is 19.3 Å². The maximum absolute atomic E-state index is 12.0. The van der Waals surface area contributed by atoms with Crippen molar-refractivity contribution in [2.75, 3.05) is 31.7 Å². The second-order valence-corrected chi connectivity index (χ2v) is 9.49. The number of aromatic nitrogens is 4. The molecule has 0 bridgehead atoms. The number of hydrogen-bond acceptors (Lipinski definition) is 5. The molecule has 2 aliphatic heterocycles. The van der Waals surface area contributed by atoms with Crippen LogP contribution in [0.5, 0.6) is 0 Å². The second-order valence-electron chi connectivity index (χ2n) is 9.49. The molecule has 9 nitrogen and oxygen atoms in total. The van der Waals surface area contributed by atoms with Gasteiger partial charge in [-0.2, -0.15) is 5.10 Å². The lowest BCUT2D eigenvalue weighted by Crippen LogP contribution is -2.41. The molecule has 3 aromatic rings. The molecular weight excluding hydrogens is 432 g/mol. The number of carbonyl (C=O) groups is 1. The summed E-state index contributed by atoms with van der Waals surface area (Å²) in [5, 5.41) is 14.2. The van der Waals surface area contributed by atoms with E-state index < -0.39 is 6.09 Å². The summed E-state index contributed by atoms with van der Waals surface area (Å²) >= 11 is 0. The normalized spacial score (nSPS) is 19.1. The second kappa shape index (κ2) is 9.76. The van der Waals surface area contributed by atoms with Crippen LogP contribution in [0.1, 0.15) is 37.6 Å². The van der Waals surface area contributed by atoms with E-state index in [4.69, 9.17) is 9.72 Å². The van der Waals surface area contributed by atoms with Crippen molar-refractivity contribution < 1.29 is 14.6 Å². The summed E-state index contributed by atoms with van der Waals surface area (Å²) in [6, 6.07) is 6.48. The predicted molar refractivity (Wildman–Crippen MR) is 130 cm³/mol. The van der Waals surface area contributed by atoms with Crippen molar-refractivity contribution in [3.8, 4) is 0 Å². The van der Waals surface area contributed by atoms with Crippen molar-refractivity contribution in [1.82, 2.24) is 24.2 Å². The van der Waals surface area contributed by atoms with Gasteiger partial charge in [-0.1, -0.05) is 0 Å². The smallest absolute Gasteiger partial charge is 0.412 e. The quantitative estimate of drug-likeness (QED) is 0.574. The third kappa shape index (κ3) is 4.42. The molecule has 2 aliphatic rings. The molecule has 9 heteroatoms. The van der Waals surface area contributed by atoms with Crippen molar-refractivity contribution in [3.63, 3.8) is 0 Å². The van der Waals surface area contributed by atoms with E-state index in [9.17, 15) is 9.90 Å². The Labute approximate surface area is 199 Å². The molecule has 0 unspecified atom stereocenters. The van der Waals surface area contributed by atoms with Crippen LogP contribution in [0, 0.1) is 0 Å². The van der Waals surface area contributed by atoms with Gasteiger partial charge in [0.2, 0.25) is 0 Å². The van der Waals surface area contributed by atoms with Gasteiger partial charge in [0, 0.05) is 69.3 Å². The third-order valence-corrected chi connectivity index (χ3v) is 7.41. The fourth-order valence-corrected chi connectivity index (χ4v) is 5.42.